The molecule has 3 N–H and O–H groups in total. The molecule has 0 saturated carbocycles. The molecule has 4 aromatic rings. The van der Waals surface area contributed by atoms with Gasteiger partial charge in [-0.2, -0.15) is 5.10 Å². The van der Waals surface area contributed by atoms with Gasteiger partial charge in [0.1, 0.15) is 0 Å². The van der Waals surface area contributed by atoms with Crippen LogP contribution in [0.5, 0.6) is 0 Å². The molecular formula is C30H32N6O5. The van der Waals surface area contributed by atoms with Gasteiger partial charge in [-0.25, -0.2) is 15.1 Å². The highest BCUT2D eigenvalue weighted by Crippen LogP contribution is 2.24. The highest BCUT2D eigenvalue weighted by atomic mass is 16.6. The number of aromatic nitrogens is 3. The fourth-order valence-corrected chi connectivity index (χ4v) is 4.72. The Hall–Kier alpha value is -4.58. The second-order valence-electron chi connectivity index (χ2n) is 9.55. The van der Waals surface area contributed by atoms with E-state index < -0.39 is 24.0 Å². The monoisotopic (exact) mass is 556 g/mol. The molecular weight excluding hydrogens is 524 g/mol. The van der Waals surface area contributed by atoms with Gasteiger partial charge in [-0.3, -0.25) is 14.4 Å². The van der Waals surface area contributed by atoms with E-state index in [1.54, 1.807) is 29.2 Å². The zero-order valence-electron chi connectivity index (χ0n) is 22.6. The van der Waals surface area contributed by atoms with Crippen molar-refractivity contribution in [2.45, 2.75) is 18.6 Å². The summed E-state index contributed by atoms with van der Waals surface area (Å²) in [6.45, 7) is 3.16. The number of rotatable bonds is 10. The molecule has 2 atom stereocenters. The first-order valence-electron chi connectivity index (χ1n) is 13.3. The van der Waals surface area contributed by atoms with Gasteiger partial charge in [-0.1, -0.05) is 42.5 Å². The van der Waals surface area contributed by atoms with E-state index in [2.05, 4.69) is 42.7 Å². The second kappa shape index (κ2) is 13.2. The van der Waals surface area contributed by atoms with Crippen molar-refractivity contribution < 1.29 is 24.3 Å². The first kappa shape index (κ1) is 28.0. The number of carbonyl (C=O) groups is 2. The van der Waals surface area contributed by atoms with Crippen LogP contribution in [0, 0.1) is 0 Å². The van der Waals surface area contributed by atoms with E-state index in [9.17, 15) is 14.7 Å². The van der Waals surface area contributed by atoms with Gasteiger partial charge in [0, 0.05) is 36.7 Å². The molecule has 0 bridgehead atoms. The first-order chi connectivity index (χ1) is 20.0. The van der Waals surface area contributed by atoms with Crippen molar-refractivity contribution >= 4 is 17.5 Å². The Balaban J connectivity index is 1.35. The summed E-state index contributed by atoms with van der Waals surface area (Å²) in [5.74, 6) is -0.961. The number of aliphatic hydroxyl groups excluding tert-OH is 1. The molecule has 2 aromatic heterocycles. The summed E-state index contributed by atoms with van der Waals surface area (Å²) in [7, 11) is 1.27. The van der Waals surface area contributed by atoms with Crippen LogP contribution in [0.4, 0.5) is 5.69 Å². The number of hydrogen-bond acceptors (Lipinski definition) is 8. The molecule has 11 nitrogen and oxygen atoms in total. The van der Waals surface area contributed by atoms with Gasteiger partial charge in [0.25, 0.3) is 11.8 Å². The van der Waals surface area contributed by atoms with Crippen LogP contribution in [0.15, 0.2) is 85.2 Å². The Morgan fingerprint density at radius 1 is 1.02 bits per heavy atom. The van der Waals surface area contributed by atoms with Crippen molar-refractivity contribution in [1.82, 2.24) is 25.6 Å². The normalized spacial score (nSPS) is 14.7. The number of benzene rings is 2. The first-order valence-corrected chi connectivity index (χ1v) is 13.3. The predicted molar refractivity (Wildman–Crippen MR) is 152 cm³/mol. The van der Waals surface area contributed by atoms with Crippen molar-refractivity contribution in [1.29, 1.82) is 0 Å². The Bertz CT molecular complexity index is 1450. The summed E-state index contributed by atoms with van der Waals surface area (Å²) < 4.78 is 6.98. The standard InChI is InChI=1S/C30H32N6O5/c1-40-34-30(39)27(37)26(20-21-6-3-2-4-7-21)32-29(38)24-8-5-14-31-28(24)36-15-13-25(33-36)22-9-11-23(12-10-22)35-16-18-41-19-17-35/h2-15,26-27,37H,16-20H2,1H3,(H,32,38)(H,34,39). The van der Waals surface area contributed by atoms with Crippen molar-refractivity contribution in [3.63, 3.8) is 0 Å². The smallest absolute Gasteiger partial charge is 0.274 e. The summed E-state index contributed by atoms with van der Waals surface area (Å²) in [4.78, 5) is 37.2. The van der Waals surface area contributed by atoms with Crippen LogP contribution in [-0.4, -0.2) is 77.2 Å². The summed E-state index contributed by atoms with van der Waals surface area (Å²) >= 11 is 0. The Morgan fingerprint density at radius 2 is 1.78 bits per heavy atom. The molecule has 5 rings (SSSR count). The van der Waals surface area contributed by atoms with Crippen molar-refractivity contribution in [2.24, 2.45) is 0 Å². The highest BCUT2D eigenvalue weighted by Gasteiger charge is 2.29. The van der Waals surface area contributed by atoms with Crippen molar-refractivity contribution in [3.05, 3.63) is 96.3 Å². The van der Waals surface area contributed by atoms with E-state index in [-0.39, 0.29) is 12.0 Å². The van der Waals surface area contributed by atoms with E-state index in [0.717, 1.165) is 48.8 Å². The number of carbonyl (C=O) groups excluding carboxylic acids is 2. The highest BCUT2D eigenvalue weighted by molar-refractivity contribution is 5.97. The molecule has 2 amide bonds. The third kappa shape index (κ3) is 6.77. The molecule has 0 radical (unpaired) electrons. The lowest BCUT2D eigenvalue weighted by Crippen LogP contribution is -2.51. The van der Waals surface area contributed by atoms with Gasteiger partial charge in [0.05, 0.1) is 37.6 Å². The molecule has 11 heteroatoms. The van der Waals surface area contributed by atoms with E-state index in [4.69, 9.17) is 4.74 Å². The molecule has 2 unspecified atom stereocenters. The van der Waals surface area contributed by atoms with Gasteiger partial charge in [-0.05, 0) is 42.3 Å². The van der Waals surface area contributed by atoms with Crippen LogP contribution in [-0.2, 0) is 20.8 Å². The fraction of sp³-hybridized carbons (Fsp3) is 0.267. The van der Waals surface area contributed by atoms with Crippen LogP contribution >= 0.6 is 0 Å². The lowest BCUT2D eigenvalue weighted by atomic mass is 10.00. The number of ether oxygens (including phenoxy) is 1. The molecule has 0 spiro atoms. The Morgan fingerprint density at radius 3 is 2.51 bits per heavy atom. The number of amides is 2. The van der Waals surface area contributed by atoms with Gasteiger partial charge in [0.15, 0.2) is 11.9 Å². The number of nitrogens with one attached hydrogen (secondary N) is 2. The second-order valence-corrected chi connectivity index (χ2v) is 9.55. The summed E-state index contributed by atoms with van der Waals surface area (Å²) in [5, 5.41) is 18.2. The lowest BCUT2D eigenvalue weighted by molar-refractivity contribution is -0.141. The minimum absolute atomic E-state index is 0.215. The lowest BCUT2D eigenvalue weighted by Gasteiger charge is -2.28. The summed E-state index contributed by atoms with van der Waals surface area (Å²) in [5.41, 5.74) is 5.99. The van der Waals surface area contributed by atoms with Gasteiger partial charge < -0.3 is 20.1 Å². The number of aliphatic hydroxyl groups is 1. The maximum Gasteiger partial charge on any atom is 0.274 e. The van der Waals surface area contributed by atoms with Crippen LogP contribution in [0.25, 0.3) is 17.1 Å². The van der Waals surface area contributed by atoms with E-state index >= 15 is 0 Å². The number of hydrogen-bond donors (Lipinski definition) is 3. The van der Waals surface area contributed by atoms with Crippen LogP contribution < -0.4 is 15.7 Å². The summed E-state index contributed by atoms with van der Waals surface area (Å²) in [6, 6.07) is 21.6. The molecule has 1 aliphatic rings. The zero-order valence-corrected chi connectivity index (χ0v) is 22.6. The van der Waals surface area contributed by atoms with Crippen molar-refractivity contribution in [2.75, 3.05) is 38.3 Å². The maximum absolute atomic E-state index is 13.5. The van der Waals surface area contributed by atoms with E-state index in [0.29, 0.717) is 5.82 Å². The molecule has 2 aromatic carbocycles. The Kier molecular flexibility index (Phi) is 8.99. The minimum Gasteiger partial charge on any atom is -0.381 e. The third-order valence-corrected chi connectivity index (χ3v) is 6.84. The fourth-order valence-electron chi connectivity index (χ4n) is 4.72. The van der Waals surface area contributed by atoms with Gasteiger partial charge in [0.2, 0.25) is 0 Å². The van der Waals surface area contributed by atoms with Crippen LogP contribution in [0.1, 0.15) is 15.9 Å². The average Bonchev–Trinajstić information content (AvgIpc) is 3.52. The van der Waals surface area contributed by atoms with Crippen LogP contribution in [0.3, 0.4) is 0 Å². The predicted octanol–water partition coefficient (Wildman–Crippen LogP) is 2.15. The topological polar surface area (TPSA) is 131 Å². The molecule has 1 fully saturated rings. The Labute approximate surface area is 237 Å². The quantitative estimate of drug-likeness (QED) is 0.253. The number of morpholine rings is 1. The third-order valence-electron chi connectivity index (χ3n) is 6.84. The van der Waals surface area contributed by atoms with E-state index in [1.807, 2.05) is 48.5 Å². The minimum atomic E-state index is -1.56. The molecule has 3 heterocycles. The largest absolute Gasteiger partial charge is 0.381 e. The molecule has 212 valence electrons. The van der Waals surface area contributed by atoms with Gasteiger partial charge in [-0.15, -0.1) is 0 Å². The molecule has 1 saturated heterocycles. The summed E-state index contributed by atoms with van der Waals surface area (Å²) in [6.07, 6.45) is 1.97. The molecule has 1 aliphatic heterocycles. The number of nitrogens with zero attached hydrogens (tertiary/aromatic N) is 4. The number of hydroxylamine groups is 1. The van der Waals surface area contributed by atoms with Crippen LogP contribution in [0.2, 0.25) is 0 Å². The SMILES string of the molecule is CONC(=O)C(O)C(Cc1ccccc1)NC(=O)c1cccnc1-n1ccc(-c2ccc(N3CCOCC3)cc2)n1. The molecule has 0 aliphatic carbocycles. The zero-order chi connectivity index (χ0) is 28.6. The van der Waals surface area contributed by atoms with E-state index in [1.165, 1.54) is 7.11 Å². The maximum atomic E-state index is 13.5. The van der Waals surface area contributed by atoms with Crippen molar-refractivity contribution in [3.8, 4) is 17.1 Å². The van der Waals surface area contributed by atoms with Gasteiger partial charge >= 0.3 is 0 Å². The number of anilines is 1. The molecule has 41 heavy (non-hydrogen) atoms. The average molecular weight is 557 g/mol. The number of pyridine rings is 1.